The second-order valence-corrected chi connectivity index (χ2v) is 5.79. The van der Waals surface area contributed by atoms with Gasteiger partial charge in [0.25, 0.3) is 0 Å². The van der Waals surface area contributed by atoms with Gasteiger partial charge in [0, 0.05) is 36.7 Å². The molecule has 0 fully saturated rings. The van der Waals surface area contributed by atoms with Crippen LogP contribution in [0.15, 0.2) is 36.5 Å². The van der Waals surface area contributed by atoms with E-state index in [1.165, 1.54) is 25.3 Å². The quantitative estimate of drug-likeness (QED) is 0.212. The predicted octanol–water partition coefficient (Wildman–Crippen LogP) is 1.46. The minimum Gasteiger partial charge on any atom is -0.488 e. The highest BCUT2D eigenvalue weighted by Crippen LogP contribution is 2.25. The molecule has 10 heteroatoms. The van der Waals surface area contributed by atoms with E-state index in [0.29, 0.717) is 0 Å². The molecule has 0 unspecified atom stereocenters. The number of nitrogens with two attached hydrogens (primary N) is 2. The number of methoxy groups -OCH3 is 1. The largest absolute Gasteiger partial charge is 0.488 e. The topological polar surface area (TPSA) is 162 Å². The summed E-state index contributed by atoms with van der Waals surface area (Å²) in [6.45, 7) is 0.358. The molecular formula is C19H19FN4O5. The first-order valence-electron chi connectivity index (χ1n) is 8.25. The average molecular weight is 402 g/mol. The third-order valence-electron chi connectivity index (χ3n) is 3.76. The van der Waals surface area contributed by atoms with Crippen molar-refractivity contribution in [3.05, 3.63) is 59.2 Å². The fraction of sp³-hybridized carbons (Fsp3) is 0.158. The number of aromatic nitrogens is 1. The molecule has 0 amide bonds. The molecule has 0 aliphatic rings. The third kappa shape index (κ3) is 5.36. The van der Waals surface area contributed by atoms with Crippen LogP contribution in [0.1, 0.15) is 21.6 Å². The Morgan fingerprint density at radius 1 is 1.31 bits per heavy atom. The molecule has 2 rings (SSSR count). The Labute approximate surface area is 165 Å². The number of ether oxygens (including phenoxy) is 2. The number of carboxylic acid groups (broad SMARTS) is 1. The molecule has 0 aliphatic carbocycles. The van der Waals surface area contributed by atoms with Crippen LogP contribution in [0.3, 0.4) is 0 Å². The number of ketones is 1. The van der Waals surface area contributed by atoms with Crippen molar-refractivity contribution in [2.24, 2.45) is 5.73 Å². The van der Waals surface area contributed by atoms with Crippen molar-refractivity contribution in [3.63, 3.8) is 0 Å². The van der Waals surface area contributed by atoms with Crippen molar-refractivity contribution in [2.45, 2.75) is 0 Å². The third-order valence-corrected chi connectivity index (χ3v) is 3.76. The molecule has 0 bridgehead atoms. The number of carbonyl (C=O) groups is 2. The minimum absolute atomic E-state index is 0.0203. The maximum absolute atomic E-state index is 14.2. The van der Waals surface area contributed by atoms with Crippen molar-refractivity contribution < 1.29 is 28.6 Å². The number of hydrogen-bond acceptors (Lipinski definition) is 8. The van der Waals surface area contributed by atoms with Gasteiger partial charge in [0.05, 0.1) is 23.6 Å². The number of hydrogen-bond donors (Lipinski definition) is 4. The molecule has 0 saturated heterocycles. The zero-order valence-corrected chi connectivity index (χ0v) is 15.4. The number of rotatable bonds is 9. The van der Waals surface area contributed by atoms with E-state index in [1.807, 2.05) is 0 Å². The van der Waals surface area contributed by atoms with E-state index in [1.54, 1.807) is 0 Å². The zero-order chi connectivity index (χ0) is 21.6. The normalized spacial score (nSPS) is 11.2. The highest BCUT2D eigenvalue weighted by atomic mass is 19.1. The van der Waals surface area contributed by atoms with Gasteiger partial charge in [-0.05, 0) is 18.2 Å². The molecule has 0 spiro atoms. The van der Waals surface area contributed by atoms with E-state index in [9.17, 15) is 14.0 Å². The number of pyridine rings is 1. The summed E-state index contributed by atoms with van der Waals surface area (Å²) < 4.78 is 24.2. The molecule has 0 radical (unpaired) electrons. The molecule has 2 aromatic rings. The SMILES string of the molecule is COCCOc1cc(N)c(C(=N)C(=O)C=C(N)c2ccc(C(=O)O)cn2)cc1F. The van der Waals surface area contributed by atoms with Crippen molar-refractivity contribution in [1.82, 2.24) is 4.98 Å². The molecule has 6 N–H and O–H groups in total. The van der Waals surface area contributed by atoms with Gasteiger partial charge in [0.15, 0.2) is 11.6 Å². The highest BCUT2D eigenvalue weighted by molar-refractivity contribution is 6.50. The van der Waals surface area contributed by atoms with Gasteiger partial charge in [-0.2, -0.15) is 0 Å². The molecule has 0 saturated carbocycles. The smallest absolute Gasteiger partial charge is 0.337 e. The lowest BCUT2D eigenvalue weighted by atomic mass is 10.0. The number of allylic oxidation sites excluding steroid dienone is 1. The maximum Gasteiger partial charge on any atom is 0.337 e. The van der Waals surface area contributed by atoms with Gasteiger partial charge in [0.1, 0.15) is 12.3 Å². The van der Waals surface area contributed by atoms with E-state index in [0.717, 1.165) is 18.3 Å². The second-order valence-electron chi connectivity index (χ2n) is 5.79. The van der Waals surface area contributed by atoms with E-state index in [4.69, 9.17) is 31.5 Å². The molecule has 1 aromatic heterocycles. The van der Waals surface area contributed by atoms with Crippen molar-refractivity contribution >= 4 is 28.8 Å². The molecule has 0 aliphatic heterocycles. The van der Waals surface area contributed by atoms with Crippen LogP contribution in [0.4, 0.5) is 10.1 Å². The summed E-state index contributed by atoms with van der Waals surface area (Å²) in [6.07, 6.45) is 2.02. The Morgan fingerprint density at radius 3 is 2.62 bits per heavy atom. The zero-order valence-electron chi connectivity index (χ0n) is 15.4. The number of carbonyl (C=O) groups excluding carboxylic acids is 1. The second kappa shape index (κ2) is 9.42. The van der Waals surface area contributed by atoms with Crippen LogP contribution in [0.25, 0.3) is 5.70 Å². The maximum atomic E-state index is 14.2. The Kier molecular flexibility index (Phi) is 6.99. The molecule has 1 heterocycles. The monoisotopic (exact) mass is 402 g/mol. The summed E-state index contributed by atoms with van der Waals surface area (Å²) in [5, 5.41) is 16.9. The first-order chi connectivity index (χ1) is 13.7. The van der Waals surface area contributed by atoms with Crippen LogP contribution in [0.2, 0.25) is 0 Å². The fourth-order valence-electron chi connectivity index (χ4n) is 2.24. The van der Waals surface area contributed by atoms with E-state index < -0.39 is 23.3 Å². The van der Waals surface area contributed by atoms with Gasteiger partial charge < -0.3 is 26.0 Å². The van der Waals surface area contributed by atoms with Gasteiger partial charge in [-0.25, -0.2) is 9.18 Å². The first-order valence-corrected chi connectivity index (χ1v) is 8.25. The minimum atomic E-state index is -1.16. The number of benzene rings is 1. The van der Waals surface area contributed by atoms with E-state index in [2.05, 4.69) is 4.98 Å². The summed E-state index contributed by atoms with van der Waals surface area (Å²) in [7, 11) is 1.47. The van der Waals surface area contributed by atoms with Gasteiger partial charge in [-0.3, -0.25) is 15.2 Å². The Morgan fingerprint density at radius 2 is 2.03 bits per heavy atom. The van der Waals surface area contributed by atoms with E-state index in [-0.39, 0.29) is 47.2 Å². The van der Waals surface area contributed by atoms with Gasteiger partial charge >= 0.3 is 5.97 Å². The summed E-state index contributed by atoms with van der Waals surface area (Å²) in [5.74, 6) is -2.89. The molecule has 29 heavy (non-hydrogen) atoms. The van der Waals surface area contributed by atoms with Gasteiger partial charge in [0.2, 0.25) is 5.78 Å². The van der Waals surface area contributed by atoms with Crippen LogP contribution in [0.5, 0.6) is 5.75 Å². The van der Waals surface area contributed by atoms with Crippen LogP contribution in [-0.4, -0.2) is 47.9 Å². The summed E-state index contributed by atoms with van der Waals surface area (Å²) in [6, 6.07) is 4.71. The molecule has 1 aromatic carbocycles. The Hall–Kier alpha value is -3.79. The highest BCUT2D eigenvalue weighted by Gasteiger charge is 2.18. The van der Waals surface area contributed by atoms with Gasteiger partial charge in [-0.1, -0.05) is 0 Å². The molecular weight excluding hydrogens is 383 g/mol. The number of aromatic carboxylic acids is 1. The summed E-state index contributed by atoms with van der Waals surface area (Å²) in [4.78, 5) is 27.0. The Bertz CT molecular complexity index is 973. The van der Waals surface area contributed by atoms with Crippen molar-refractivity contribution in [2.75, 3.05) is 26.1 Å². The number of nitrogens with one attached hydrogen (secondary N) is 1. The van der Waals surface area contributed by atoms with Crippen LogP contribution >= 0.6 is 0 Å². The number of carboxylic acids is 1. The average Bonchev–Trinajstić information content (AvgIpc) is 2.69. The first kappa shape index (κ1) is 21.5. The van der Waals surface area contributed by atoms with Crippen LogP contribution < -0.4 is 16.2 Å². The fourth-order valence-corrected chi connectivity index (χ4v) is 2.24. The van der Waals surface area contributed by atoms with Crippen LogP contribution in [0, 0.1) is 11.2 Å². The summed E-state index contributed by atoms with van der Waals surface area (Å²) in [5.41, 5.74) is 10.9. The number of nitrogens with zero attached hydrogens (tertiary/aromatic N) is 1. The lowest BCUT2D eigenvalue weighted by molar-refractivity contribution is -0.108. The summed E-state index contributed by atoms with van der Waals surface area (Å²) >= 11 is 0. The number of halogens is 1. The lowest BCUT2D eigenvalue weighted by Gasteiger charge is -2.11. The van der Waals surface area contributed by atoms with Crippen LogP contribution in [-0.2, 0) is 9.53 Å². The lowest BCUT2D eigenvalue weighted by Crippen LogP contribution is -2.16. The van der Waals surface area contributed by atoms with Crippen molar-refractivity contribution in [1.29, 1.82) is 5.41 Å². The van der Waals surface area contributed by atoms with Gasteiger partial charge in [-0.15, -0.1) is 0 Å². The van der Waals surface area contributed by atoms with E-state index >= 15 is 0 Å². The Balaban J connectivity index is 2.20. The molecule has 9 nitrogen and oxygen atoms in total. The standard InChI is InChI=1S/C19H19FN4O5/c1-28-4-5-29-17-8-13(21)11(6-12(17)20)18(23)16(25)7-14(22)15-3-2-10(9-24-15)19(26)27/h2-3,6-9,23H,4-5,21-22H2,1H3,(H,26,27). The molecule has 0 atom stereocenters. The predicted molar refractivity (Wildman–Crippen MR) is 103 cm³/mol. The van der Waals surface area contributed by atoms with Crippen molar-refractivity contribution in [3.8, 4) is 5.75 Å². The number of anilines is 1. The number of nitrogen functional groups attached to an aromatic ring is 1. The molecule has 152 valence electrons.